The van der Waals surface area contributed by atoms with Crippen LogP contribution in [0.2, 0.25) is 0 Å². The van der Waals surface area contributed by atoms with Gasteiger partial charge in [0.1, 0.15) is 0 Å². The van der Waals surface area contributed by atoms with Gasteiger partial charge < -0.3 is 5.32 Å². The first-order valence-corrected chi connectivity index (χ1v) is 8.67. The molecule has 3 nitrogen and oxygen atoms in total. The number of thioether (sulfide) groups is 1. The van der Waals surface area contributed by atoms with Crippen molar-refractivity contribution in [3.8, 4) is 0 Å². The second-order valence-electron chi connectivity index (χ2n) is 6.63. The molecule has 0 amide bonds. The third kappa shape index (κ3) is 4.03. The highest BCUT2D eigenvalue weighted by atomic mass is 32.2. The molecule has 1 aromatic carbocycles. The summed E-state index contributed by atoms with van der Waals surface area (Å²) in [5.41, 5.74) is 2.95. The van der Waals surface area contributed by atoms with Gasteiger partial charge in [-0.15, -0.1) is 0 Å². The minimum atomic E-state index is 0.438. The van der Waals surface area contributed by atoms with E-state index in [0.29, 0.717) is 11.5 Å². The minimum absolute atomic E-state index is 0.438. The molecule has 1 aromatic heterocycles. The lowest BCUT2D eigenvalue weighted by Crippen LogP contribution is -2.35. The van der Waals surface area contributed by atoms with Crippen molar-refractivity contribution in [2.45, 2.75) is 32.9 Å². The Morgan fingerprint density at radius 2 is 2.29 bits per heavy atom. The van der Waals surface area contributed by atoms with Gasteiger partial charge in [-0.1, -0.05) is 26.0 Å². The van der Waals surface area contributed by atoms with Crippen LogP contribution in [0, 0.1) is 5.41 Å². The highest BCUT2D eigenvalue weighted by Crippen LogP contribution is 2.34. The molecular formula is C17H23N3S. The van der Waals surface area contributed by atoms with Crippen LogP contribution in [0.1, 0.15) is 25.8 Å². The number of nitrogens with one attached hydrogen (secondary N) is 1. The lowest BCUT2D eigenvalue weighted by Gasteiger charge is -2.35. The number of nitrogens with zero attached hydrogens (tertiary/aromatic N) is 2. The maximum absolute atomic E-state index is 4.27. The summed E-state index contributed by atoms with van der Waals surface area (Å²) in [6.07, 6.45) is 5.06. The molecule has 0 bridgehead atoms. The first-order chi connectivity index (χ1) is 10.1. The van der Waals surface area contributed by atoms with Crippen LogP contribution in [0.25, 0.3) is 0 Å². The second kappa shape index (κ2) is 6.14. The average molecular weight is 301 g/mol. The number of benzene rings is 1. The van der Waals surface area contributed by atoms with Crippen LogP contribution in [0.4, 0.5) is 5.69 Å². The fraction of sp³-hybridized carbons (Fsp3) is 0.471. The molecule has 1 atom stereocenters. The minimum Gasteiger partial charge on any atom is -0.381 e. The van der Waals surface area contributed by atoms with Crippen molar-refractivity contribution in [2.24, 2.45) is 5.41 Å². The van der Waals surface area contributed by atoms with Gasteiger partial charge in [-0.25, -0.2) is 0 Å². The second-order valence-corrected chi connectivity index (χ2v) is 7.66. The molecule has 112 valence electrons. The van der Waals surface area contributed by atoms with E-state index in [0.717, 1.165) is 6.54 Å². The molecule has 0 aliphatic carbocycles. The summed E-state index contributed by atoms with van der Waals surface area (Å²) in [4.78, 5) is 0. The highest BCUT2D eigenvalue weighted by Gasteiger charge is 2.28. The zero-order chi connectivity index (χ0) is 14.7. The van der Waals surface area contributed by atoms with Crippen molar-refractivity contribution in [2.75, 3.05) is 16.8 Å². The quantitative estimate of drug-likeness (QED) is 0.929. The molecule has 0 spiro atoms. The smallest absolute Gasteiger partial charge is 0.0660 e. The van der Waals surface area contributed by atoms with E-state index in [9.17, 15) is 0 Å². The first-order valence-electron chi connectivity index (χ1n) is 7.51. The Kier molecular flexibility index (Phi) is 4.24. The number of hydrogen-bond donors (Lipinski definition) is 1. The Hall–Kier alpha value is -1.42. The van der Waals surface area contributed by atoms with E-state index in [1.54, 1.807) is 0 Å². The van der Waals surface area contributed by atoms with Gasteiger partial charge in [-0.2, -0.15) is 16.9 Å². The largest absolute Gasteiger partial charge is 0.381 e. The highest BCUT2D eigenvalue weighted by molar-refractivity contribution is 7.99. The Morgan fingerprint density at radius 3 is 3.05 bits per heavy atom. The Morgan fingerprint density at radius 1 is 1.38 bits per heavy atom. The summed E-state index contributed by atoms with van der Waals surface area (Å²) >= 11 is 2.06. The fourth-order valence-corrected chi connectivity index (χ4v) is 4.21. The molecule has 21 heavy (non-hydrogen) atoms. The van der Waals surface area contributed by atoms with Gasteiger partial charge in [0.25, 0.3) is 0 Å². The van der Waals surface area contributed by atoms with Crippen molar-refractivity contribution in [1.29, 1.82) is 0 Å². The van der Waals surface area contributed by atoms with Gasteiger partial charge in [0.2, 0.25) is 0 Å². The van der Waals surface area contributed by atoms with Gasteiger partial charge in [-0.3, -0.25) is 4.68 Å². The predicted molar refractivity (Wildman–Crippen MR) is 90.9 cm³/mol. The summed E-state index contributed by atoms with van der Waals surface area (Å²) < 4.78 is 1.96. The van der Waals surface area contributed by atoms with Gasteiger partial charge in [0.05, 0.1) is 6.54 Å². The third-order valence-corrected chi connectivity index (χ3v) is 5.44. The Bertz CT molecular complexity index is 577. The molecule has 1 aliphatic heterocycles. The number of hydrogen-bond acceptors (Lipinski definition) is 3. The molecule has 1 fully saturated rings. The van der Waals surface area contributed by atoms with Crippen LogP contribution in [-0.2, 0) is 6.54 Å². The third-order valence-electron chi connectivity index (χ3n) is 3.81. The van der Waals surface area contributed by atoms with Crippen LogP contribution < -0.4 is 5.32 Å². The normalized spacial score (nSPS) is 21.1. The summed E-state index contributed by atoms with van der Waals surface area (Å²) in [5, 5.41) is 7.97. The molecular weight excluding hydrogens is 278 g/mol. The van der Waals surface area contributed by atoms with Crippen molar-refractivity contribution >= 4 is 17.4 Å². The summed E-state index contributed by atoms with van der Waals surface area (Å²) in [6, 6.07) is 11.2. The maximum atomic E-state index is 4.27. The van der Waals surface area contributed by atoms with Crippen LogP contribution in [0.3, 0.4) is 0 Å². The maximum Gasteiger partial charge on any atom is 0.0660 e. The van der Waals surface area contributed by atoms with Crippen LogP contribution in [-0.4, -0.2) is 27.3 Å². The van der Waals surface area contributed by atoms with E-state index in [1.165, 1.54) is 29.2 Å². The Balaban J connectivity index is 1.65. The lowest BCUT2D eigenvalue weighted by molar-refractivity contribution is 0.358. The fourth-order valence-electron chi connectivity index (χ4n) is 2.93. The van der Waals surface area contributed by atoms with Gasteiger partial charge in [-0.05, 0) is 41.4 Å². The molecule has 3 rings (SSSR count). The summed E-state index contributed by atoms with van der Waals surface area (Å²) in [7, 11) is 0. The van der Waals surface area contributed by atoms with Crippen LogP contribution in [0.5, 0.6) is 0 Å². The molecule has 2 heterocycles. The van der Waals surface area contributed by atoms with E-state index in [1.807, 2.05) is 23.1 Å². The first kappa shape index (κ1) is 14.5. The lowest BCUT2D eigenvalue weighted by atomic mass is 9.88. The van der Waals surface area contributed by atoms with E-state index in [4.69, 9.17) is 0 Å². The van der Waals surface area contributed by atoms with E-state index >= 15 is 0 Å². The zero-order valence-electron chi connectivity index (χ0n) is 12.7. The van der Waals surface area contributed by atoms with E-state index in [-0.39, 0.29) is 0 Å². The topological polar surface area (TPSA) is 29.9 Å². The predicted octanol–water partition coefficient (Wildman–Crippen LogP) is 3.88. The van der Waals surface area contributed by atoms with Crippen molar-refractivity contribution < 1.29 is 0 Å². The zero-order valence-corrected chi connectivity index (χ0v) is 13.6. The number of aromatic nitrogens is 2. The number of rotatable bonds is 4. The van der Waals surface area contributed by atoms with Gasteiger partial charge in [0, 0.05) is 29.9 Å². The average Bonchev–Trinajstić information content (AvgIpc) is 2.91. The van der Waals surface area contributed by atoms with Crippen LogP contribution >= 0.6 is 11.8 Å². The monoisotopic (exact) mass is 301 g/mol. The van der Waals surface area contributed by atoms with Gasteiger partial charge >= 0.3 is 0 Å². The molecule has 1 aliphatic rings. The molecule has 0 saturated carbocycles. The standard InChI is InChI=1S/C17H23N3S/c1-17(2)10-16(12-21-13-17)19-15-6-3-5-14(9-15)11-20-8-4-7-18-20/h3-9,16,19H,10-13H2,1-2H3. The molecule has 2 aromatic rings. The van der Waals surface area contributed by atoms with Crippen molar-refractivity contribution in [3.05, 3.63) is 48.3 Å². The summed E-state index contributed by atoms with van der Waals surface area (Å²) in [5.74, 6) is 2.47. The SMILES string of the molecule is CC1(C)CSCC(Nc2cccc(Cn3cccn3)c2)C1. The van der Waals surface area contributed by atoms with Crippen LogP contribution in [0.15, 0.2) is 42.7 Å². The molecule has 1 unspecified atom stereocenters. The molecule has 4 heteroatoms. The van der Waals surface area contributed by atoms with Gasteiger partial charge in [0.15, 0.2) is 0 Å². The number of anilines is 1. The molecule has 0 radical (unpaired) electrons. The Labute approximate surface area is 131 Å². The molecule has 1 saturated heterocycles. The summed E-state index contributed by atoms with van der Waals surface area (Å²) in [6.45, 7) is 5.55. The van der Waals surface area contributed by atoms with E-state index in [2.05, 4.69) is 60.3 Å². The van der Waals surface area contributed by atoms with Crippen molar-refractivity contribution in [3.63, 3.8) is 0 Å². The van der Waals surface area contributed by atoms with E-state index < -0.39 is 0 Å². The molecule has 1 N–H and O–H groups in total. The van der Waals surface area contributed by atoms with Crippen molar-refractivity contribution in [1.82, 2.24) is 9.78 Å².